The van der Waals surface area contributed by atoms with Crippen LogP contribution in [0.5, 0.6) is 0 Å². The van der Waals surface area contributed by atoms with Crippen molar-refractivity contribution in [3.8, 4) is 0 Å². The molecule has 7 heteroatoms. The van der Waals surface area contributed by atoms with E-state index >= 15 is 0 Å². The van der Waals surface area contributed by atoms with E-state index in [0.29, 0.717) is 0 Å². The second kappa shape index (κ2) is 5.88. The van der Waals surface area contributed by atoms with E-state index in [0.717, 1.165) is 6.07 Å². The Morgan fingerprint density at radius 1 is 1.42 bits per heavy atom. The van der Waals surface area contributed by atoms with Gasteiger partial charge in [-0.25, -0.2) is 14.0 Å². The van der Waals surface area contributed by atoms with Gasteiger partial charge in [-0.3, -0.25) is 0 Å². The summed E-state index contributed by atoms with van der Waals surface area (Å²) in [7, 11) is 0. The van der Waals surface area contributed by atoms with E-state index in [-0.39, 0.29) is 17.1 Å². The minimum atomic E-state index is -1.40. The van der Waals surface area contributed by atoms with Crippen LogP contribution in [0.15, 0.2) is 18.2 Å². The molecule has 0 aliphatic rings. The van der Waals surface area contributed by atoms with Crippen molar-refractivity contribution in [3.05, 3.63) is 34.6 Å². The van der Waals surface area contributed by atoms with Crippen LogP contribution in [0.3, 0.4) is 0 Å². The maximum Gasteiger partial charge on any atom is 0.328 e. The fourth-order valence-electron chi connectivity index (χ4n) is 1.22. The highest BCUT2D eigenvalue weighted by Gasteiger charge is 2.28. The molecule has 104 valence electrons. The first-order valence-electron chi connectivity index (χ1n) is 5.45. The van der Waals surface area contributed by atoms with E-state index in [1.807, 2.05) is 0 Å². The molecule has 19 heavy (non-hydrogen) atoms. The first kappa shape index (κ1) is 15.2. The molecule has 0 aliphatic heterocycles. The predicted molar refractivity (Wildman–Crippen MR) is 68.5 cm³/mol. The number of carbonyl (C=O) groups is 2. The van der Waals surface area contributed by atoms with Gasteiger partial charge in [0.1, 0.15) is 11.4 Å². The van der Waals surface area contributed by atoms with Crippen LogP contribution in [-0.2, 0) is 11.3 Å². The molecule has 0 bridgehead atoms. The van der Waals surface area contributed by atoms with Crippen LogP contribution in [0.25, 0.3) is 0 Å². The third kappa shape index (κ3) is 4.40. The molecular weight excluding hydrogens is 275 g/mol. The maximum atomic E-state index is 13.4. The summed E-state index contributed by atoms with van der Waals surface area (Å²) in [5.74, 6) is -1.70. The Morgan fingerprint density at radius 2 is 2.05 bits per heavy atom. The van der Waals surface area contributed by atoms with Crippen molar-refractivity contribution in [1.82, 2.24) is 10.6 Å². The zero-order chi connectivity index (χ0) is 14.6. The Kier molecular flexibility index (Phi) is 4.72. The quantitative estimate of drug-likeness (QED) is 0.794. The van der Waals surface area contributed by atoms with Crippen LogP contribution in [0, 0.1) is 5.82 Å². The number of carbonyl (C=O) groups excluding carboxylic acids is 1. The summed E-state index contributed by atoms with van der Waals surface area (Å²) in [5.41, 5.74) is -1.14. The summed E-state index contributed by atoms with van der Waals surface area (Å²) in [4.78, 5) is 22.3. The summed E-state index contributed by atoms with van der Waals surface area (Å²) in [5, 5.41) is 13.7. The molecule has 1 aromatic carbocycles. The van der Waals surface area contributed by atoms with E-state index in [1.165, 1.54) is 26.0 Å². The second-order valence-corrected chi connectivity index (χ2v) is 4.91. The standard InChI is InChI=1S/C12H14ClFN2O3/c1-12(2,10(17)18)16-11(19)15-6-7-3-4-8(13)5-9(7)14/h3-5H,6H2,1-2H3,(H,17,18)(H2,15,16,19). The first-order chi connectivity index (χ1) is 8.72. The number of aliphatic carboxylic acids is 1. The molecule has 0 unspecified atom stereocenters. The summed E-state index contributed by atoms with van der Waals surface area (Å²) < 4.78 is 13.4. The van der Waals surface area contributed by atoms with Crippen molar-refractivity contribution in [1.29, 1.82) is 0 Å². The second-order valence-electron chi connectivity index (χ2n) is 4.47. The minimum absolute atomic E-state index is 0.0649. The molecule has 0 heterocycles. The maximum absolute atomic E-state index is 13.4. The van der Waals surface area contributed by atoms with Crippen LogP contribution in [0.1, 0.15) is 19.4 Å². The molecule has 0 aliphatic carbocycles. The molecule has 5 nitrogen and oxygen atoms in total. The molecule has 0 atom stereocenters. The number of carboxylic acids is 1. The molecule has 0 spiro atoms. The van der Waals surface area contributed by atoms with Crippen molar-refractivity contribution >= 4 is 23.6 Å². The van der Waals surface area contributed by atoms with Crippen LogP contribution in [0.2, 0.25) is 5.02 Å². The smallest absolute Gasteiger partial charge is 0.328 e. The molecule has 1 aromatic rings. The molecule has 0 aromatic heterocycles. The lowest BCUT2D eigenvalue weighted by molar-refractivity contribution is -0.142. The fourth-order valence-corrected chi connectivity index (χ4v) is 1.38. The average Bonchev–Trinajstić information content (AvgIpc) is 2.27. The minimum Gasteiger partial charge on any atom is -0.480 e. The Bertz CT molecular complexity index is 506. The van der Waals surface area contributed by atoms with E-state index in [2.05, 4.69) is 10.6 Å². The number of carboxylic acid groups (broad SMARTS) is 1. The van der Waals surface area contributed by atoms with Gasteiger partial charge in [-0.15, -0.1) is 0 Å². The van der Waals surface area contributed by atoms with E-state index < -0.39 is 23.4 Å². The normalized spacial score (nSPS) is 10.9. The summed E-state index contributed by atoms with van der Waals surface area (Å²) in [6.07, 6.45) is 0. The van der Waals surface area contributed by atoms with E-state index in [9.17, 15) is 14.0 Å². The number of urea groups is 1. The molecule has 3 N–H and O–H groups in total. The number of benzene rings is 1. The highest BCUT2D eigenvalue weighted by molar-refractivity contribution is 6.30. The lowest BCUT2D eigenvalue weighted by atomic mass is 10.1. The van der Waals surface area contributed by atoms with Gasteiger partial charge in [0.05, 0.1) is 0 Å². The highest BCUT2D eigenvalue weighted by atomic mass is 35.5. The number of halogens is 2. The molecule has 0 saturated carbocycles. The van der Waals surface area contributed by atoms with Gasteiger partial charge in [-0.2, -0.15) is 0 Å². The van der Waals surface area contributed by atoms with Crippen molar-refractivity contribution in [2.75, 3.05) is 0 Å². The third-order valence-corrected chi connectivity index (χ3v) is 2.65. The van der Waals surface area contributed by atoms with Gasteiger partial charge in [-0.05, 0) is 26.0 Å². The Balaban J connectivity index is 2.57. The lowest BCUT2D eigenvalue weighted by Gasteiger charge is -2.21. The van der Waals surface area contributed by atoms with Crippen molar-refractivity contribution in [2.24, 2.45) is 0 Å². The summed E-state index contributed by atoms with van der Waals surface area (Å²) in [6.45, 7) is 2.63. The van der Waals surface area contributed by atoms with Gasteiger partial charge in [0.25, 0.3) is 0 Å². The highest BCUT2D eigenvalue weighted by Crippen LogP contribution is 2.14. The van der Waals surface area contributed by atoms with Gasteiger partial charge in [0, 0.05) is 17.1 Å². The number of rotatable bonds is 4. The molecule has 2 amide bonds. The predicted octanol–water partition coefficient (Wildman–Crippen LogP) is 2.14. The van der Waals surface area contributed by atoms with Crippen molar-refractivity contribution in [3.63, 3.8) is 0 Å². The van der Waals surface area contributed by atoms with Gasteiger partial charge in [0.15, 0.2) is 0 Å². The van der Waals surface area contributed by atoms with E-state index in [1.54, 1.807) is 0 Å². The average molecular weight is 289 g/mol. The van der Waals surface area contributed by atoms with Crippen molar-refractivity contribution in [2.45, 2.75) is 25.9 Å². The fraction of sp³-hybridized carbons (Fsp3) is 0.333. The molecular formula is C12H14ClFN2O3. The monoisotopic (exact) mass is 288 g/mol. The number of hydrogen-bond acceptors (Lipinski definition) is 2. The zero-order valence-corrected chi connectivity index (χ0v) is 11.2. The van der Waals surface area contributed by atoms with Crippen LogP contribution in [0.4, 0.5) is 9.18 Å². The molecule has 1 rings (SSSR count). The van der Waals surface area contributed by atoms with E-state index in [4.69, 9.17) is 16.7 Å². The molecule has 0 fully saturated rings. The van der Waals surface area contributed by atoms with Crippen molar-refractivity contribution < 1.29 is 19.1 Å². The Morgan fingerprint density at radius 3 is 2.58 bits per heavy atom. The van der Waals surface area contributed by atoms with Gasteiger partial charge >= 0.3 is 12.0 Å². The molecule has 0 radical (unpaired) electrons. The first-order valence-corrected chi connectivity index (χ1v) is 5.83. The number of nitrogens with one attached hydrogen (secondary N) is 2. The van der Waals surface area contributed by atoms with Gasteiger partial charge in [-0.1, -0.05) is 17.7 Å². The van der Waals surface area contributed by atoms with Crippen LogP contribution in [-0.4, -0.2) is 22.6 Å². The topological polar surface area (TPSA) is 78.4 Å². The SMILES string of the molecule is CC(C)(NC(=O)NCc1ccc(Cl)cc1F)C(=O)O. The van der Waals surface area contributed by atoms with Crippen LogP contribution >= 0.6 is 11.6 Å². The Labute approximate surface area is 114 Å². The Hall–Kier alpha value is -1.82. The third-order valence-electron chi connectivity index (χ3n) is 2.42. The van der Waals surface area contributed by atoms with Crippen LogP contribution < -0.4 is 10.6 Å². The largest absolute Gasteiger partial charge is 0.480 e. The molecule has 0 saturated heterocycles. The number of hydrogen-bond donors (Lipinski definition) is 3. The zero-order valence-electron chi connectivity index (χ0n) is 10.5. The van der Waals surface area contributed by atoms with Gasteiger partial charge in [0.2, 0.25) is 0 Å². The summed E-state index contributed by atoms with van der Waals surface area (Å²) in [6, 6.07) is 3.39. The lowest BCUT2D eigenvalue weighted by Crippen LogP contribution is -2.53. The number of amides is 2. The summed E-state index contributed by atoms with van der Waals surface area (Å²) >= 11 is 5.60. The van der Waals surface area contributed by atoms with Gasteiger partial charge < -0.3 is 15.7 Å².